The Morgan fingerprint density at radius 3 is 2.64 bits per heavy atom. The molecule has 0 bridgehead atoms. The van der Waals surface area contributed by atoms with Crippen LogP contribution >= 0.6 is 46.9 Å². The zero-order chi connectivity index (χ0) is 17.6. The second kappa shape index (κ2) is 8.62. The Hall–Kier alpha value is -1.67. The molecule has 1 aromatic heterocycles. The SMILES string of the molecule is O=C(CSc1nn(-c2ccc(Cl)cc2)c(=S)s1)NCc1ccccc1. The number of benzene rings is 2. The largest absolute Gasteiger partial charge is 0.351 e. The molecule has 0 saturated heterocycles. The molecule has 25 heavy (non-hydrogen) atoms. The number of nitrogens with zero attached hydrogens (tertiary/aromatic N) is 2. The highest BCUT2D eigenvalue weighted by atomic mass is 35.5. The molecule has 3 aromatic rings. The van der Waals surface area contributed by atoms with Gasteiger partial charge < -0.3 is 5.32 Å². The van der Waals surface area contributed by atoms with Crippen molar-refractivity contribution in [1.82, 2.24) is 15.1 Å². The van der Waals surface area contributed by atoms with Gasteiger partial charge in [-0.2, -0.15) is 0 Å². The Balaban J connectivity index is 1.57. The van der Waals surface area contributed by atoms with E-state index in [1.165, 1.54) is 23.1 Å². The monoisotopic (exact) mass is 407 g/mol. The molecule has 2 aromatic carbocycles. The summed E-state index contributed by atoms with van der Waals surface area (Å²) in [5.74, 6) is 0.267. The first-order valence-corrected chi connectivity index (χ1v) is 10.0. The zero-order valence-corrected chi connectivity index (χ0v) is 16.2. The summed E-state index contributed by atoms with van der Waals surface area (Å²) in [6, 6.07) is 17.1. The molecule has 0 aliphatic rings. The first-order chi connectivity index (χ1) is 12.1. The first-order valence-electron chi connectivity index (χ1n) is 7.41. The summed E-state index contributed by atoms with van der Waals surface area (Å²) in [7, 11) is 0. The maximum atomic E-state index is 12.0. The van der Waals surface area contributed by atoms with Gasteiger partial charge in [0.25, 0.3) is 0 Å². The molecule has 8 heteroatoms. The lowest BCUT2D eigenvalue weighted by molar-refractivity contribution is -0.118. The molecule has 1 amide bonds. The molecule has 1 heterocycles. The van der Waals surface area contributed by atoms with Crippen molar-refractivity contribution in [2.75, 3.05) is 5.75 Å². The minimum Gasteiger partial charge on any atom is -0.351 e. The van der Waals surface area contributed by atoms with E-state index in [1.807, 2.05) is 42.5 Å². The average Bonchev–Trinajstić information content (AvgIpc) is 3.00. The maximum Gasteiger partial charge on any atom is 0.230 e. The number of amides is 1. The standard InChI is InChI=1S/C17H14ClN3OS3/c18-13-6-8-14(9-7-13)21-17(23)25-16(20-21)24-11-15(22)19-10-12-4-2-1-3-5-12/h1-9H,10-11H2,(H,19,22). The normalized spacial score (nSPS) is 10.6. The summed E-state index contributed by atoms with van der Waals surface area (Å²) < 4.78 is 3.07. The van der Waals surface area contributed by atoms with Crippen molar-refractivity contribution in [2.45, 2.75) is 10.9 Å². The molecule has 0 atom stereocenters. The highest BCUT2D eigenvalue weighted by Crippen LogP contribution is 2.24. The molecule has 0 spiro atoms. The van der Waals surface area contributed by atoms with Crippen LogP contribution < -0.4 is 5.32 Å². The summed E-state index contributed by atoms with van der Waals surface area (Å²) >= 11 is 14.0. The van der Waals surface area contributed by atoms with E-state index < -0.39 is 0 Å². The summed E-state index contributed by atoms with van der Waals surface area (Å²) in [5.41, 5.74) is 1.93. The van der Waals surface area contributed by atoms with Crippen LogP contribution in [0.25, 0.3) is 5.69 Å². The quantitative estimate of drug-likeness (QED) is 0.474. The molecule has 128 valence electrons. The molecular formula is C17H14ClN3OS3. The molecular weight excluding hydrogens is 394 g/mol. The van der Waals surface area contributed by atoms with Crippen LogP contribution in [0.5, 0.6) is 0 Å². The van der Waals surface area contributed by atoms with Crippen molar-refractivity contribution in [3.05, 3.63) is 69.1 Å². The van der Waals surface area contributed by atoms with Crippen molar-refractivity contribution in [1.29, 1.82) is 0 Å². The van der Waals surface area contributed by atoms with Gasteiger partial charge in [-0.05, 0) is 42.0 Å². The van der Waals surface area contributed by atoms with Gasteiger partial charge >= 0.3 is 0 Å². The highest BCUT2D eigenvalue weighted by Gasteiger charge is 2.09. The van der Waals surface area contributed by atoms with Crippen LogP contribution in [0.1, 0.15) is 5.56 Å². The van der Waals surface area contributed by atoms with Gasteiger partial charge in [-0.3, -0.25) is 4.79 Å². The number of carbonyl (C=O) groups is 1. The third-order valence-electron chi connectivity index (χ3n) is 3.26. The maximum absolute atomic E-state index is 12.0. The van der Waals surface area contributed by atoms with E-state index in [4.69, 9.17) is 23.8 Å². The van der Waals surface area contributed by atoms with Crippen LogP contribution in [0.2, 0.25) is 5.02 Å². The van der Waals surface area contributed by atoms with E-state index in [1.54, 1.807) is 16.8 Å². The van der Waals surface area contributed by atoms with E-state index in [0.29, 0.717) is 21.3 Å². The Morgan fingerprint density at radius 2 is 1.92 bits per heavy atom. The van der Waals surface area contributed by atoms with Crippen LogP contribution in [0.15, 0.2) is 58.9 Å². The molecule has 0 aliphatic carbocycles. The van der Waals surface area contributed by atoms with Crippen molar-refractivity contribution in [3.63, 3.8) is 0 Å². The number of carbonyl (C=O) groups excluding carboxylic acids is 1. The lowest BCUT2D eigenvalue weighted by atomic mass is 10.2. The van der Waals surface area contributed by atoms with Gasteiger partial charge in [-0.25, -0.2) is 4.68 Å². The number of rotatable bonds is 6. The lowest BCUT2D eigenvalue weighted by Crippen LogP contribution is -2.24. The molecule has 0 aliphatic heterocycles. The number of nitrogens with one attached hydrogen (secondary N) is 1. The average molecular weight is 408 g/mol. The van der Waals surface area contributed by atoms with Gasteiger partial charge in [0.2, 0.25) is 5.91 Å². The van der Waals surface area contributed by atoms with E-state index in [9.17, 15) is 4.79 Å². The molecule has 4 nitrogen and oxygen atoms in total. The van der Waals surface area contributed by atoms with Gasteiger partial charge in [-0.15, -0.1) is 5.10 Å². The van der Waals surface area contributed by atoms with Crippen LogP contribution in [-0.2, 0) is 11.3 Å². The fraction of sp³-hybridized carbons (Fsp3) is 0.118. The minimum atomic E-state index is -0.0342. The van der Waals surface area contributed by atoms with Crippen LogP contribution in [0.3, 0.4) is 0 Å². The molecule has 0 saturated carbocycles. The minimum absolute atomic E-state index is 0.0342. The smallest absolute Gasteiger partial charge is 0.230 e. The molecule has 0 radical (unpaired) electrons. The summed E-state index contributed by atoms with van der Waals surface area (Å²) in [4.78, 5) is 12.0. The zero-order valence-electron chi connectivity index (χ0n) is 13.0. The third-order valence-corrected chi connectivity index (χ3v) is 5.88. The fourth-order valence-corrected chi connectivity index (χ4v) is 4.36. The van der Waals surface area contributed by atoms with Gasteiger partial charge in [0.15, 0.2) is 8.29 Å². The van der Waals surface area contributed by atoms with E-state index in [-0.39, 0.29) is 5.91 Å². The number of aromatic nitrogens is 2. The molecule has 3 rings (SSSR count). The Bertz CT molecular complexity index is 907. The number of halogens is 1. The lowest BCUT2D eigenvalue weighted by Gasteiger charge is -2.04. The van der Waals surface area contributed by atoms with Crippen molar-refractivity contribution < 1.29 is 4.79 Å². The number of thioether (sulfide) groups is 1. The summed E-state index contributed by atoms with van der Waals surface area (Å²) in [5, 5.41) is 8.03. The predicted molar refractivity (Wildman–Crippen MR) is 106 cm³/mol. The van der Waals surface area contributed by atoms with Crippen LogP contribution in [0, 0.1) is 3.95 Å². The van der Waals surface area contributed by atoms with Gasteiger partial charge in [0.1, 0.15) is 0 Å². The molecule has 0 unspecified atom stereocenters. The van der Waals surface area contributed by atoms with Gasteiger partial charge in [0.05, 0.1) is 11.4 Å². The van der Waals surface area contributed by atoms with Gasteiger partial charge in [0, 0.05) is 11.6 Å². The summed E-state index contributed by atoms with van der Waals surface area (Å²) in [6.07, 6.45) is 0. The van der Waals surface area contributed by atoms with Crippen molar-refractivity contribution >= 4 is 52.8 Å². The van der Waals surface area contributed by atoms with Crippen molar-refractivity contribution in [3.8, 4) is 5.69 Å². The third kappa shape index (κ3) is 5.15. The predicted octanol–water partition coefficient (Wildman–Crippen LogP) is 4.73. The number of hydrogen-bond acceptors (Lipinski definition) is 5. The second-order valence-electron chi connectivity index (χ2n) is 5.07. The Morgan fingerprint density at radius 1 is 1.20 bits per heavy atom. The van der Waals surface area contributed by atoms with E-state index in [2.05, 4.69) is 10.4 Å². The highest BCUT2D eigenvalue weighted by molar-refractivity contribution is 8.01. The second-order valence-corrected chi connectivity index (χ2v) is 8.35. The van der Waals surface area contributed by atoms with E-state index >= 15 is 0 Å². The summed E-state index contributed by atoms with van der Waals surface area (Å²) in [6.45, 7) is 0.523. The Kier molecular flexibility index (Phi) is 6.25. The van der Waals surface area contributed by atoms with Crippen LogP contribution in [0.4, 0.5) is 0 Å². The topological polar surface area (TPSA) is 46.9 Å². The molecule has 1 N–H and O–H groups in total. The fourth-order valence-electron chi connectivity index (χ4n) is 2.04. The Labute approximate surface area is 163 Å². The molecule has 0 fully saturated rings. The van der Waals surface area contributed by atoms with Crippen molar-refractivity contribution in [2.24, 2.45) is 0 Å². The van der Waals surface area contributed by atoms with E-state index in [0.717, 1.165) is 15.6 Å². The van der Waals surface area contributed by atoms with Gasteiger partial charge in [-0.1, -0.05) is 65.0 Å². The van der Waals surface area contributed by atoms with Crippen LogP contribution in [-0.4, -0.2) is 21.4 Å². The number of hydrogen-bond donors (Lipinski definition) is 1. The first kappa shape index (κ1) is 18.1.